The molecule has 1 aromatic carbocycles. The standard InChI is InChI=1S/C25H30F3N7O3/c26-25(27,28)15-34-14-17(16-4-2-1-3-5-16)6-7-19(22(34)36)31-23(37)33-12-8-18(9-13-33)35-21-20(32-24(35)38)29-10-11-30-21/h1-5,11,17-19,29H,6-10,12-15H2,(H,31,37)(H,32,38)/t17-,19-/m1/s1. The fraction of sp³-hybridized carbons (Fsp3) is 0.520. The molecule has 0 saturated carbocycles. The number of imidazole rings is 1. The maximum Gasteiger partial charge on any atom is 0.406 e. The van der Waals surface area contributed by atoms with E-state index in [-0.39, 0.29) is 30.6 Å². The number of aromatic nitrogens is 2. The van der Waals surface area contributed by atoms with E-state index >= 15 is 0 Å². The van der Waals surface area contributed by atoms with E-state index in [1.54, 1.807) is 15.7 Å². The number of alkyl halides is 3. The number of likely N-dealkylation sites (tertiary alicyclic amines) is 2. The summed E-state index contributed by atoms with van der Waals surface area (Å²) in [5.41, 5.74) is 0.592. The van der Waals surface area contributed by atoms with Crippen molar-refractivity contribution < 1.29 is 22.8 Å². The molecule has 204 valence electrons. The third kappa shape index (κ3) is 5.55. The van der Waals surface area contributed by atoms with E-state index in [2.05, 4.69) is 20.6 Å². The van der Waals surface area contributed by atoms with Crippen LogP contribution in [0.2, 0.25) is 0 Å². The van der Waals surface area contributed by atoms with Crippen molar-refractivity contribution in [3.8, 4) is 0 Å². The first-order valence-corrected chi connectivity index (χ1v) is 12.8. The van der Waals surface area contributed by atoms with Crippen molar-refractivity contribution in [3.05, 3.63) is 46.4 Å². The minimum absolute atomic E-state index is 0.0623. The third-order valence-corrected chi connectivity index (χ3v) is 7.40. The predicted molar refractivity (Wildman–Crippen MR) is 135 cm³/mol. The van der Waals surface area contributed by atoms with Crippen LogP contribution in [-0.4, -0.2) is 82.4 Å². The lowest BCUT2D eigenvalue weighted by Gasteiger charge is -2.34. The number of hydrogen-bond donors (Lipinski definition) is 3. The quantitative estimate of drug-likeness (QED) is 0.561. The van der Waals surface area contributed by atoms with Crippen LogP contribution in [0.3, 0.4) is 0 Å². The Kier molecular flexibility index (Phi) is 7.17. The summed E-state index contributed by atoms with van der Waals surface area (Å²) in [5, 5.41) is 5.77. The maximum atomic E-state index is 13.3. The Labute approximate surface area is 216 Å². The largest absolute Gasteiger partial charge is 0.406 e. The van der Waals surface area contributed by atoms with Crippen molar-refractivity contribution in [2.45, 2.75) is 49.9 Å². The first-order chi connectivity index (χ1) is 18.2. The number of hydrogen-bond acceptors (Lipinski definition) is 5. The van der Waals surface area contributed by atoms with Crippen LogP contribution in [0.4, 0.5) is 29.6 Å². The van der Waals surface area contributed by atoms with E-state index < -0.39 is 30.7 Å². The van der Waals surface area contributed by atoms with Crippen molar-refractivity contribution in [2.24, 2.45) is 4.99 Å². The highest BCUT2D eigenvalue weighted by atomic mass is 19.4. The molecule has 3 aliphatic heterocycles. The van der Waals surface area contributed by atoms with Gasteiger partial charge in [0.1, 0.15) is 12.6 Å². The molecule has 0 unspecified atom stereocenters. The van der Waals surface area contributed by atoms with Crippen LogP contribution in [0.25, 0.3) is 0 Å². The van der Waals surface area contributed by atoms with E-state index in [0.29, 0.717) is 50.5 Å². The Balaban J connectivity index is 1.24. The Morgan fingerprint density at radius 1 is 1.08 bits per heavy atom. The number of piperidine rings is 1. The summed E-state index contributed by atoms with van der Waals surface area (Å²) in [6.45, 7) is -0.231. The summed E-state index contributed by atoms with van der Waals surface area (Å²) in [6.07, 6.45) is -1.16. The zero-order valence-electron chi connectivity index (χ0n) is 20.7. The minimum atomic E-state index is -4.55. The first kappa shape index (κ1) is 25.9. The second-order valence-electron chi connectivity index (χ2n) is 9.93. The van der Waals surface area contributed by atoms with E-state index in [4.69, 9.17) is 0 Å². The molecule has 1 aromatic heterocycles. The fourth-order valence-corrected chi connectivity index (χ4v) is 5.52. The number of nitrogens with one attached hydrogen (secondary N) is 3. The highest BCUT2D eigenvalue weighted by Crippen LogP contribution is 2.32. The molecule has 0 bridgehead atoms. The third-order valence-electron chi connectivity index (χ3n) is 7.40. The molecule has 3 amide bonds. The summed E-state index contributed by atoms with van der Waals surface area (Å²) < 4.78 is 41.5. The van der Waals surface area contributed by atoms with Gasteiger partial charge in [0, 0.05) is 37.8 Å². The van der Waals surface area contributed by atoms with Gasteiger partial charge < -0.3 is 20.4 Å². The lowest BCUT2D eigenvalue weighted by molar-refractivity contribution is -0.162. The number of H-pyrrole nitrogens is 1. The van der Waals surface area contributed by atoms with Crippen LogP contribution in [0.1, 0.15) is 43.2 Å². The number of amides is 3. The van der Waals surface area contributed by atoms with Gasteiger partial charge in [0.15, 0.2) is 11.6 Å². The Morgan fingerprint density at radius 2 is 1.82 bits per heavy atom. The minimum Gasteiger partial charge on any atom is -0.363 e. The summed E-state index contributed by atoms with van der Waals surface area (Å²) >= 11 is 0. The molecule has 2 aromatic rings. The first-order valence-electron chi connectivity index (χ1n) is 12.8. The maximum absolute atomic E-state index is 13.3. The van der Waals surface area contributed by atoms with Gasteiger partial charge in [-0.25, -0.2) is 14.6 Å². The molecular weight excluding hydrogens is 503 g/mol. The van der Waals surface area contributed by atoms with Gasteiger partial charge in [0.25, 0.3) is 0 Å². The van der Waals surface area contributed by atoms with Crippen molar-refractivity contribution in [1.82, 2.24) is 24.7 Å². The van der Waals surface area contributed by atoms with Gasteiger partial charge in [-0.05, 0) is 31.2 Å². The van der Waals surface area contributed by atoms with Gasteiger partial charge in [-0.1, -0.05) is 30.3 Å². The lowest BCUT2D eigenvalue weighted by atomic mass is 9.93. The molecule has 3 aliphatic rings. The normalized spacial score (nSPS) is 22.6. The smallest absolute Gasteiger partial charge is 0.363 e. The van der Waals surface area contributed by atoms with Gasteiger partial charge in [0.2, 0.25) is 5.91 Å². The molecule has 0 spiro atoms. The number of carbonyl (C=O) groups excluding carboxylic acids is 2. The molecule has 3 N–H and O–H groups in total. The average molecular weight is 534 g/mol. The van der Waals surface area contributed by atoms with E-state index in [1.807, 2.05) is 30.3 Å². The van der Waals surface area contributed by atoms with E-state index in [0.717, 1.165) is 10.5 Å². The Hall–Kier alpha value is -3.77. The molecule has 2 fully saturated rings. The number of carbonyl (C=O) groups is 2. The zero-order valence-corrected chi connectivity index (χ0v) is 20.7. The Bertz CT molecular complexity index is 1250. The van der Waals surface area contributed by atoms with Crippen LogP contribution in [0, 0.1) is 0 Å². The van der Waals surface area contributed by atoms with Gasteiger partial charge in [-0.3, -0.25) is 14.3 Å². The second kappa shape index (κ2) is 10.5. The number of aliphatic imine (C=N–C) groups is 1. The van der Waals surface area contributed by atoms with Crippen LogP contribution < -0.4 is 16.3 Å². The number of aromatic amines is 1. The number of rotatable bonds is 4. The highest BCUT2D eigenvalue weighted by Gasteiger charge is 2.40. The van der Waals surface area contributed by atoms with Crippen LogP contribution >= 0.6 is 0 Å². The molecule has 2 atom stereocenters. The summed E-state index contributed by atoms with van der Waals surface area (Å²) in [6, 6.07) is 7.47. The number of fused-ring (bicyclic) bond motifs is 1. The molecule has 4 heterocycles. The summed E-state index contributed by atoms with van der Waals surface area (Å²) in [5.74, 6) is 0.121. The topological polar surface area (TPSA) is 115 Å². The number of nitrogens with zero attached hydrogens (tertiary/aromatic N) is 4. The Morgan fingerprint density at radius 3 is 2.53 bits per heavy atom. The summed E-state index contributed by atoms with van der Waals surface area (Å²) in [4.78, 5) is 48.1. The number of urea groups is 1. The molecular formula is C25H30F3N7O3. The molecule has 38 heavy (non-hydrogen) atoms. The number of halogens is 3. The summed E-state index contributed by atoms with van der Waals surface area (Å²) in [7, 11) is 0. The van der Waals surface area contributed by atoms with Crippen molar-refractivity contribution in [2.75, 3.05) is 38.0 Å². The number of benzene rings is 1. The SMILES string of the molecule is O=C(N[C@@H]1CC[C@@H](c2ccccc2)CN(CC(F)(F)F)C1=O)N1CCC(n2c3c([nH]c2=O)NCC=N3)CC1. The molecule has 13 heteroatoms. The van der Waals surface area contributed by atoms with E-state index in [1.165, 1.54) is 0 Å². The molecule has 5 rings (SSSR count). The van der Waals surface area contributed by atoms with Gasteiger partial charge in [-0.2, -0.15) is 13.2 Å². The van der Waals surface area contributed by atoms with Crippen molar-refractivity contribution >= 4 is 29.8 Å². The molecule has 2 saturated heterocycles. The monoisotopic (exact) mass is 533 g/mol. The fourth-order valence-electron chi connectivity index (χ4n) is 5.52. The van der Waals surface area contributed by atoms with Crippen LogP contribution in [0.15, 0.2) is 40.1 Å². The van der Waals surface area contributed by atoms with Crippen LogP contribution in [0.5, 0.6) is 0 Å². The van der Waals surface area contributed by atoms with Crippen LogP contribution in [-0.2, 0) is 4.79 Å². The number of anilines is 1. The molecule has 0 aliphatic carbocycles. The highest BCUT2D eigenvalue weighted by molar-refractivity contribution is 5.87. The average Bonchev–Trinajstić information content (AvgIpc) is 3.16. The van der Waals surface area contributed by atoms with Gasteiger partial charge >= 0.3 is 17.9 Å². The van der Waals surface area contributed by atoms with E-state index in [9.17, 15) is 27.6 Å². The van der Waals surface area contributed by atoms with Gasteiger partial charge in [0.05, 0.1) is 6.54 Å². The van der Waals surface area contributed by atoms with Crippen molar-refractivity contribution in [3.63, 3.8) is 0 Å². The zero-order chi connectivity index (χ0) is 26.9. The van der Waals surface area contributed by atoms with Gasteiger partial charge in [-0.15, -0.1) is 0 Å². The lowest BCUT2D eigenvalue weighted by Crippen LogP contribution is -2.54. The predicted octanol–water partition coefficient (Wildman–Crippen LogP) is 2.99. The van der Waals surface area contributed by atoms with Crippen molar-refractivity contribution in [1.29, 1.82) is 0 Å². The second-order valence-corrected chi connectivity index (χ2v) is 9.93. The molecule has 0 radical (unpaired) electrons. The molecule has 10 nitrogen and oxygen atoms in total.